The molecule has 102 valence electrons. The average Bonchev–Trinajstić information content (AvgIpc) is 2.32. The van der Waals surface area contributed by atoms with Gasteiger partial charge in [-0.2, -0.15) is 0 Å². The summed E-state index contributed by atoms with van der Waals surface area (Å²) in [5.41, 5.74) is -0.0365. The van der Waals surface area contributed by atoms with E-state index in [1.807, 2.05) is 6.92 Å². The first-order valence-electron chi connectivity index (χ1n) is 5.63. The molecule has 6 nitrogen and oxygen atoms in total. The molecule has 2 unspecified atom stereocenters. The third-order valence-electron chi connectivity index (χ3n) is 2.93. The summed E-state index contributed by atoms with van der Waals surface area (Å²) >= 11 is 0. The number of rotatable bonds is 5. The van der Waals surface area contributed by atoms with Crippen molar-refractivity contribution in [3.63, 3.8) is 0 Å². The van der Waals surface area contributed by atoms with Crippen molar-refractivity contribution in [2.45, 2.75) is 18.7 Å². The third-order valence-corrected chi connectivity index (χ3v) is 4.23. The van der Waals surface area contributed by atoms with Crippen molar-refractivity contribution < 1.29 is 4.21 Å². The molecule has 0 bridgehead atoms. The van der Waals surface area contributed by atoms with Crippen LogP contribution < -0.4 is 16.6 Å². The predicted octanol–water partition coefficient (Wildman–Crippen LogP) is -1.06. The fraction of sp³-hybridized carbons (Fsp3) is 0.636. The first kappa shape index (κ1) is 14.8. The Labute approximate surface area is 108 Å². The van der Waals surface area contributed by atoms with Gasteiger partial charge < -0.3 is 5.32 Å². The molecule has 0 saturated heterocycles. The molecule has 0 aliphatic carbocycles. The first-order valence-corrected chi connectivity index (χ1v) is 7.25. The smallest absolute Gasteiger partial charge is 0.310 e. The van der Waals surface area contributed by atoms with E-state index < -0.39 is 10.8 Å². The van der Waals surface area contributed by atoms with Gasteiger partial charge in [0, 0.05) is 61.3 Å². The predicted molar refractivity (Wildman–Crippen MR) is 72.2 cm³/mol. The van der Waals surface area contributed by atoms with Gasteiger partial charge in [-0.3, -0.25) is 18.1 Å². The maximum Gasteiger partial charge on any atom is 0.330 e. The molecule has 0 spiro atoms. The molecule has 2 atom stereocenters. The molecule has 18 heavy (non-hydrogen) atoms. The summed E-state index contributed by atoms with van der Waals surface area (Å²) in [4.78, 5) is 23.2. The topological polar surface area (TPSA) is 73.1 Å². The third kappa shape index (κ3) is 3.39. The molecule has 1 N–H and O–H groups in total. The molecule has 7 heteroatoms. The molecule has 0 aliphatic heterocycles. The number of hydrogen-bond acceptors (Lipinski definition) is 4. The van der Waals surface area contributed by atoms with Crippen molar-refractivity contribution in [2.24, 2.45) is 14.1 Å². The van der Waals surface area contributed by atoms with Crippen LogP contribution in [0.1, 0.15) is 12.6 Å². The van der Waals surface area contributed by atoms with E-state index in [1.54, 1.807) is 13.3 Å². The van der Waals surface area contributed by atoms with Gasteiger partial charge in [0.1, 0.15) is 0 Å². The Bertz CT molecular complexity index is 562. The zero-order valence-corrected chi connectivity index (χ0v) is 11.9. The summed E-state index contributed by atoms with van der Waals surface area (Å²) < 4.78 is 13.7. The lowest BCUT2D eigenvalue weighted by atomic mass is 10.3. The molecule has 1 rings (SSSR count). The highest BCUT2D eigenvalue weighted by Crippen LogP contribution is 1.93. The zero-order chi connectivity index (χ0) is 13.9. The van der Waals surface area contributed by atoms with Gasteiger partial charge in [0.05, 0.1) is 0 Å². The molecule has 0 aliphatic rings. The van der Waals surface area contributed by atoms with Gasteiger partial charge >= 0.3 is 5.69 Å². The van der Waals surface area contributed by atoms with E-state index in [0.29, 0.717) is 18.8 Å². The fourth-order valence-electron chi connectivity index (χ4n) is 1.47. The van der Waals surface area contributed by atoms with Crippen LogP contribution in [0.4, 0.5) is 0 Å². The second kappa shape index (κ2) is 6.10. The second-order valence-electron chi connectivity index (χ2n) is 4.31. The van der Waals surface area contributed by atoms with Crippen LogP contribution in [0, 0.1) is 0 Å². The Morgan fingerprint density at radius 3 is 2.50 bits per heavy atom. The molecule has 1 aromatic rings. The average molecular weight is 273 g/mol. The van der Waals surface area contributed by atoms with E-state index >= 15 is 0 Å². The van der Waals surface area contributed by atoms with Crippen molar-refractivity contribution in [3.05, 3.63) is 32.6 Å². The molecule has 1 aromatic heterocycles. The van der Waals surface area contributed by atoms with Crippen molar-refractivity contribution in [3.8, 4) is 0 Å². The van der Waals surface area contributed by atoms with E-state index in [0.717, 1.165) is 4.57 Å². The van der Waals surface area contributed by atoms with Gasteiger partial charge in [-0.1, -0.05) is 0 Å². The van der Waals surface area contributed by atoms with E-state index in [1.165, 1.54) is 17.7 Å². The summed E-state index contributed by atoms with van der Waals surface area (Å²) in [6, 6.07) is 1.43. The SMILES string of the molecule is CC(CNCc1cc(=O)n(C)c(=O)n1C)S(C)=O. The van der Waals surface area contributed by atoms with Crippen molar-refractivity contribution >= 4 is 10.8 Å². The molecule has 1 heterocycles. The lowest BCUT2D eigenvalue weighted by molar-refractivity contribution is 0.595. The van der Waals surface area contributed by atoms with E-state index in [4.69, 9.17) is 0 Å². The summed E-state index contributed by atoms with van der Waals surface area (Å²) in [6.45, 7) is 2.86. The molecule has 0 saturated carbocycles. The fourth-order valence-corrected chi connectivity index (χ4v) is 1.82. The number of nitrogens with one attached hydrogen (secondary N) is 1. The normalized spacial score (nSPS) is 14.4. The van der Waals surface area contributed by atoms with Gasteiger partial charge in [0.25, 0.3) is 5.56 Å². The standard InChI is InChI=1S/C11H19N3O3S/c1-8(18(4)17)6-12-7-9-5-10(15)14(3)11(16)13(9)2/h5,8,12H,6-7H2,1-4H3. The summed E-state index contributed by atoms with van der Waals surface area (Å²) in [7, 11) is 2.19. The Hall–Kier alpha value is -1.21. The van der Waals surface area contributed by atoms with Crippen molar-refractivity contribution in [2.75, 3.05) is 12.8 Å². The molecular weight excluding hydrogens is 254 g/mol. The number of nitrogens with zero attached hydrogens (tertiary/aromatic N) is 2. The van der Waals surface area contributed by atoms with Crippen LogP contribution in [0.5, 0.6) is 0 Å². The van der Waals surface area contributed by atoms with Crippen molar-refractivity contribution in [1.82, 2.24) is 14.5 Å². The zero-order valence-electron chi connectivity index (χ0n) is 11.1. The largest absolute Gasteiger partial charge is 0.330 e. The minimum Gasteiger partial charge on any atom is -0.310 e. The van der Waals surface area contributed by atoms with Gasteiger partial charge in [0.2, 0.25) is 0 Å². The van der Waals surface area contributed by atoms with Gasteiger partial charge in [-0.25, -0.2) is 4.79 Å². The quantitative estimate of drug-likeness (QED) is 0.742. The van der Waals surface area contributed by atoms with Crippen LogP contribution in [0.15, 0.2) is 15.7 Å². The van der Waals surface area contributed by atoms with Gasteiger partial charge in [-0.05, 0) is 6.92 Å². The van der Waals surface area contributed by atoms with Crippen LogP contribution in [-0.2, 0) is 31.4 Å². The minimum atomic E-state index is -0.883. The number of hydrogen-bond donors (Lipinski definition) is 1. The molecule has 0 radical (unpaired) electrons. The minimum absolute atomic E-state index is 0.0357. The maximum atomic E-state index is 11.7. The Morgan fingerprint density at radius 1 is 1.33 bits per heavy atom. The first-order chi connectivity index (χ1) is 8.34. The second-order valence-corrected chi connectivity index (χ2v) is 6.12. The summed E-state index contributed by atoms with van der Waals surface area (Å²) in [5.74, 6) is 0. The molecule has 0 amide bonds. The lowest BCUT2D eigenvalue weighted by Crippen LogP contribution is -2.39. The molecule has 0 fully saturated rings. The van der Waals surface area contributed by atoms with Crippen LogP contribution in [0.2, 0.25) is 0 Å². The Balaban J connectivity index is 2.78. The highest BCUT2D eigenvalue weighted by Gasteiger charge is 2.08. The monoisotopic (exact) mass is 273 g/mol. The van der Waals surface area contributed by atoms with Gasteiger partial charge in [-0.15, -0.1) is 0 Å². The Kier molecular flexibility index (Phi) is 5.03. The maximum absolute atomic E-state index is 11.7. The van der Waals surface area contributed by atoms with E-state index in [2.05, 4.69) is 5.32 Å². The highest BCUT2D eigenvalue weighted by atomic mass is 32.2. The highest BCUT2D eigenvalue weighted by molar-refractivity contribution is 7.84. The van der Waals surface area contributed by atoms with Crippen LogP contribution in [0.3, 0.4) is 0 Å². The van der Waals surface area contributed by atoms with Crippen LogP contribution in [0.25, 0.3) is 0 Å². The van der Waals surface area contributed by atoms with E-state index in [-0.39, 0.29) is 16.5 Å². The van der Waals surface area contributed by atoms with Crippen LogP contribution >= 0.6 is 0 Å². The summed E-state index contributed by atoms with van der Waals surface area (Å²) in [6.07, 6.45) is 1.65. The van der Waals surface area contributed by atoms with Crippen molar-refractivity contribution in [1.29, 1.82) is 0 Å². The van der Waals surface area contributed by atoms with Crippen LogP contribution in [-0.4, -0.2) is 31.4 Å². The molecular formula is C11H19N3O3S. The van der Waals surface area contributed by atoms with E-state index in [9.17, 15) is 13.8 Å². The summed E-state index contributed by atoms with van der Waals surface area (Å²) in [5, 5.41) is 3.13. The number of aromatic nitrogens is 2. The Morgan fingerprint density at radius 2 is 1.94 bits per heavy atom. The lowest BCUT2D eigenvalue weighted by Gasteiger charge is -2.12. The van der Waals surface area contributed by atoms with Gasteiger partial charge in [0.15, 0.2) is 0 Å². The molecule has 0 aromatic carbocycles.